The van der Waals surface area contributed by atoms with Crippen LogP contribution < -0.4 is 5.32 Å². The Labute approximate surface area is 146 Å². The van der Waals surface area contributed by atoms with Gasteiger partial charge in [0.1, 0.15) is 0 Å². The zero-order chi connectivity index (χ0) is 16.8. The van der Waals surface area contributed by atoms with Crippen LogP contribution in [0.1, 0.15) is 57.4 Å². The molecule has 1 aliphatic carbocycles. The summed E-state index contributed by atoms with van der Waals surface area (Å²) in [6, 6.07) is 11.3. The minimum atomic E-state index is 0.0642. The highest BCUT2D eigenvalue weighted by Crippen LogP contribution is 2.28. The molecule has 1 atom stereocenters. The van der Waals surface area contributed by atoms with Crippen molar-refractivity contribution < 1.29 is 4.79 Å². The molecule has 1 saturated carbocycles. The SMILES string of the molecule is CC(=Cc1ccccc1)C(=O)NC[C@@H]1CCCN1C1CCCCC1. The lowest BCUT2D eigenvalue weighted by atomic mass is 9.94. The van der Waals surface area contributed by atoms with E-state index in [9.17, 15) is 4.79 Å². The minimum absolute atomic E-state index is 0.0642. The molecule has 0 radical (unpaired) electrons. The van der Waals surface area contributed by atoms with Crippen LogP contribution in [0.4, 0.5) is 0 Å². The molecular weight excluding hydrogens is 296 g/mol. The Hall–Kier alpha value is -1.61. The molecule has 0 unspecified atom stereocenters. The molecule has 1 N–H and O–H groups in total. The van der Waals surface area contributed by atoms with Crippen LogP contribution in [0.15, 0.2) is 35.9 Å². The van der Waals surface area contributed by atoms with Gasteiger partial charge in [-0.2, -0.15) is 0 Å². The smallest absolute Gasteiger partial charge is 0.246 e. The number of carbonyl (C=O) groups is 1. The van der Waals surface area contributed by atoms with Crippen LogP contribution in [-0.4, -0.2) is 36.0 Å². The van der Waals surface area contributed by atoms with Crippen molar-refractivity contribution in [3.63, 3.8) is 0 Å². The molecule has 2 fully saturated rings. The van der Waals surface area contributed by atoms with Gasteiger partial charge < -0.3 is 5.32 Å². The number of amides is 1. The van der Waals surface area contributed by atoms with Crippen molar-refractivity contribution in [2.24, 2.45) is 0 Å². The summed E-state index contributed by atoms with van der Waals surface area (Å²) < 4.78 is 0. The van der Waals surface area contributed by atoms with Gasteiger partial charge in [0, 0.05) is 24.2 Å². The summed E-state index contributed by atoms with van der Waals surface area (Å²) in [7, 11) is 0. The normalized spacial score (nSPS) is 23.4. The van der Waals surface area contributed by atoms with E-state index in [4.69, 9.17) is 0 Å². The monoisotopic (exact) mass is 326 g/mol. The second kappa shape index (κ2) is 8.48. The summed E-state index contributed by atoms with van der Waals surface area (Å²) in [6.07, 6.45) is 11.3. The number of hydrogen-bond acceptors (Lipinski definition) is 2. The van der Waals surface area contributed by atoms with E-state index in [1.165, 1.54) is 51.5 Å². The molecule has 3 heteroatoms. The highest BCUT2D eigenvalue weighted by Gasteiger charge is 2.31. The van der Waals surface area contributed by atoms with Crippen LogP contribution >= 0.6 is 0 Å². The van der Waals surface area contributed by atoms with Crippen molar-refractivity contribution in [1.29, 1.82) is 0 Å². The van der Waals surface area contributed by atoms with Crippen LogP contribution in [0.3, 0.4) is 0 Å². The number of nitrogens with one attached hydrogen (secondary N) is 1. The number of benzene rings is 1. The molecule has 1 amide bonds. The topological polar surface area (TPSA) is 32.3 Å². The molecule has 1 aliphatic heterocycles. The highest BCUT2D eigenvalue weighted by atomic mass is 16.1. The lowest BCUT2D eigenvalue weighted by Gasteiger charge is -2.35. The van der Waals surface area contributed by atoms with E-state index < -0.39 is 0 Å². The maximum absolute atomic E-state index is 12.4. The largest absolute Gasteiger partial charge is 0.351 e. The fraction of sp³-hybridized carbons (Fsp3) is 0.571. The number of rotatable bonds is 5. The van der Waals surface area contributed by atoms with Crippen LogP contribution in [0, 0.1) is 0 Å². The van der Waals surface area contributed by atoms with Gasteiger partial charge >= 0.3 is 0 Å². The van der Waals surface area contributed by atoms with E-state index >= 15 is 0 Å². The van der Waals surface area contributed by atoms with Gasteiger partial charge in [0.25, 0.3) is 0 Å². The highest BCUT2D eigenvalue weighted by molar-refractivity contribution is 5.97. The molecule has 1 heterocycles. The van der Waals surface area contributed by atoms with Gasteiger partial charge in [0.2, 0.25) is 5.91 Å². The lowest BCUT2D eigenvalue weighted by molar-refractivity contribution is -0.117. The van der Waals surface area contributed by atoms with Crippen LogP contribution in [0.5, 0.6) is 0 Å². The van der Waals surface area contributed by atoms with Gasteiger partial charge in [-0.15, -0.1) is 0 Å². The van der Waals surface area contributed by atoms with Gasteiger partial charge in [0.05, 0.1) is 0 Å². The van der Waals surface area contributed by atoms with E-state index in [2.05, 4.69) is 10.2 Å². The summed E-state index contributed by atoms with van der Waals surface area (Å²) in [5.74, 6) is 0.0642. The van der Waals surface area contributed by atoms with Crippen molar-refractivity contribution in [2.45, 2.75) is 64.0 Å². The van der Waals surface area contributed by atoms with E-state index in [1.807, 2.05) is 43.3 Å². The maximum Gasteiger partial charge on any atom is 0.246 e. The summed E-state index contributed by atoms with van der Waals surface area (Å²) in [5.41, 5.74) is 1.86. The Kier molecular flexibility index (Phi) is 6.08. The number of carbonyl (C=O) groups excluding carboxylic acids is 1. The van der Waals surface area contributed by atoms with Crippen molar-refractivity contribution in [2.75, 3.05) is 13.1 Å². The molecule has 0 bridgehead atoms. The number of likely N-dealkylation sites (tertiary alicyclic amines) is 1. The predicted molar refractivity (Wildman–Crippen MR) is 99.7 cm³/mol. The fourth-order valence-corrected chi connectivity index (χ4v) is 4.19. The summed E-state index contributed by atoms with van der Waals surface area (Å²) in [4.78, 5) is 15.1. The van der Waals surface area contributed by atoms with Crippen LogP contribution in [-0.2, 0) is 4.79 Å². The van der Waals surface area contributed by atoms with Gasteiger partial charge in [-0.05, 0) is 50.8 Å². The first kappa shape index (κ1) is 17.2. The Morgan fingerprint density at radius 2 is 1.88 bits per heavy atom. The molecule has 0 spiro atoms. The van der Waals surface area contributed by atoms with Crippen molar-refractivity contribution in [3.05, 3.63) is 41.5 Å². The number of hydrogen-bond donors (Lipinski definition) is 1. The molecular formula is C21H30N2O. The standard InChI is InChI=1S/C21H30N2O/c1-17(15-18-9-4-2-5-10-18)21(24)22-16-20-13-8-14-23(20)19-11-6-3-7-12-19/h2,4-5,9-10,15,19-20H,3,6-8,11-14,16H2,1H3,(H,22,24)/t20-/m0/s1. The molecule has 24 heavy (non-hydrogen) atoms. The minimum Gasteiger partial charge on any atom is -0.351 e. The van der Waals surface area contributed by atoms with E-state index in [-0.39, 0.29) is 5.91 Å². The predicted octanol–water partition coefficient (Wildman–Crippen LogP) is 4.00. The average molecular weight is 326 g/mol. The summed E-state index contributed by atoms with van der Waals surface area (Å²) >= 11 is 0. The van der Waals surface area contributed by atoms with Gasteiger partial charge in [-0.1, -0.05) is 49.6 Å². The third-order valence-corrected chi connectivity index (χ3v) is 5.51. The first-order chi connectivity index (χ1) is 11.7. The third kappa shape index (κ3) is 4.47. The zero-order valence-corrected chi connectivity index (χ0v) is 14.8. The van der Waals surface area contributed by atoms with Gasteiger partial charge in [0.15, 0.2) is 0 Å². The quantitative estimate of drug-likeness (QED) is 0.829. The Balaban J connectivity index is 1.52. The van der Waals surface area contributed by atoms with E-state index in [0.29, 0.717) is 6.04 Å². The molecule has 1 saturated heterocycles. The summed E-state index contributed by atoms with van der Waals surface area (Å²) in [6.45, 7) is 3.90. The molecule has 130 valence electrons. The Morgan fingerprint density at radius 1 is 1.12 bits per heavy atom. The second-order valence-electron chi connectivity index (χ2n) is 7.27. The lowest BCUT2D eigenvalue weighted by Crippen LogP contribution is -2.46. The maximum atomic E-state index is 12.4. The molecule has 3 nitrogen and oxygen atoms in total. The van der Waals surface area contributed by atoms with Gasteiger partial charge in [-0.25, -0.2) is 0 Å². The molecule has 0 aromatic heterocycles. The summed E-state index contributed by atoms with van der Waals surface area (Å²) in [5, 5.41) is 3.16. The first-order valence-corrected chi connectivity index (χ1v) is 9.51. The zero-order valence-electron chi connectivity index (χ0n) is 14.8. The Morgan fingerprint density at radius 3 is 2.62 bits per heavy atom. The fourth-order valence-electron chi connectivity index (χ4n) is 4.19. The molecule has 1 aromatic carbocycles. The van der Waals surface area contributed by atoms with E-state index in [0.717, 1.165) is 23.7 Å². The molecule has 1 aromatic rings. The molecule has 2 aliphatic rings. The Bertz CT molecular complexity index is 560. The van der Waals surface area contributed by atoms with Crippen LogP contribution in [0.2, 0.25) is 0 Å². The van der Waals surface area contributed by atoms with Gasteiger partial charge in [-0.3, -0.25) is 9.69 Å². The van der Waals surface area contributed by atoms with Crippen molar-refractivity contribution >= 4 is 12.0 Å². The van der Waals surface area contributed by atoms with Crippen molar-refractivity contribution in [1.82, 2.24) is 10.2 Å². The third-order valence-electron chi connectivity index (χ3n) is 5.51. The van der Waals surface area contributed by atoms with Crippen molar-refractivity contribution in [3.8, 4) is 0 Å². The first-order valence-electron chi connectivity index (χ1n) is 9.51. The average Bonchev–Trinajstić information content (AvgIpc) is 3.10. The van der Waals surface area contributed by atoms with Crippen LogP contribution in [0.25, 0.3) is 6.08 Å². The van der Waals surface area contributed by atoms with E-state index in [1.54, 1.807) is 0 Å². The number of nitrogens with zero attached hydrogens (tertiary/aromatic N) is 1. The second-order valence-corrected chi connectivity index (χ2v) is 7.27. The molecule has 3 rings (SSSR count).